The molecule has 0 aliphatic rings. The molecule has 0 aromatic heterocycles. The lowest BCUT2D eigenvalue weighted by molar-refractivity contribution is 0.211. The lowest BCUT2D eigenvalue weighted by Crippen LogP contribution is -2.32. The standard InChI is InChI=1S/C13H21NO3/c1-3-16-12-6-4-5-7-13(12)17-10-11(14-2)8-9-15/h4-7,11,14-15H,3,8-10H2,1-2H3. The number of para-hydroxylation sites is 2. The fourth-order valence-corrected chi connectivity index (χ4v) is 1.50. The molecule has 0 saturated heterocycles. The van der Waals surface area contributed by atoms with E-state index in [1.165, 1.54) is 0 Å². The summed E-state index contributed by atoms with van der Waals surface area (Å²) < 4.78 is 11.2. The Hall–Kier alpha value is -1.26. The van der Waals surface area contributed by atoms with Gasteiger partial charge in [-0.25, -0.2) is 0 Å². The van der Waals surface area contributed by atoms with Crippen molar-refractivity contribution in [2.75, 3.05) is 26.9 Å². The molecule has 0 amide bonds. The second-order valence-electron chi connectivity index (χ2n) is 3.69. The number of hydrogen-bond acceptors (Lipinski definition) is 4. The summed E-state index contributed by atoms with van der Waals surface area (Å²) in [5, 5.41) is 12.0. The number of benzene rings is 1. The van der Waals surface area contributed by atoms with Crippen LogP contribution in [0.3, 0.4) is 0 Å². The van der Waals surface area contributed by atoms with Gasteiger partial charge in [0.25, 0.3) is 0 Å². The first-order chi connectivity index (χ1) is 8.31. The molecule has 1 aromatic rings. The minimum atomic E-state index is 0.148. The Balaban J connectivity index is 2.55. The molecule has 17 heavy (non-hydrogen) atoms. The predicted molar refractivity (Wildman–Crippen MR) is 67.7 cm³/mol. The summed E-state index contributed by atoms with van der Waals surface area (Å²) in [5.74, 6) is 1.50. The Morgan fingerprint density at radius 1 is 1.24 bits per heavy atom. The number of ether oxygens (including phenoxy) is 2. The molecule has 0 aliphatic carbocycles. The van der Waals surface area contributed by atoms with E-state index in [2.05, 4.69) is 5.32 Å². The molecular formula is C13H21NO3. The Labute approximate surface area is 103 Å². The number of hydrogen-bond donors (Lipinski definition) is 2. The van der Waals surface area contributed by atoms with Crippen molar-refractivity contribution in [1.29, 1.82) is 0 Å². The van der Waals surface area contributed by atoms with Crippen LogP contribution < -0.4 is 14.8 Å². The highest BCUT2D eigenvalue weighted by atomic mass is 16.5. The molecule has 0 fully saturated rings. The third-order valence-corrected chi connectivity index (χ3v) is 2.47. The van der Waals surface area contributed by atoms with Crippen LogP contribution in [0.1, 0.15) is 13.3 Å². The van der Waals surface area contributed by atoms with Gasteiger partial charge < -0.3 is 19.9 Å². The maximum Gasteiger partial charge on any atom is 0.161 e. The first kappa shape index (κ1) is 13.8. The molecule has 4 heteroatoms. The lowest BCUT2D eigenvalue weighted by atomic mass is 10.2. The van der Waals surface area contributed by atoms with Crippen LogP contribution in [-0.2, 0) is 0 Å². The zero-order chi connectivity index (χ0) is 12.5. The van der Waals surface area contributed by atoms with Crippen LogP contribution in [0.15, 0.2) is 24.3 Å². The van der Waals surface area contributed by atoms with Gasteiger partial charge in [0.1, 0.15) is 6.61 Å². The molecular weight excluding hydrogens is 218 g/mol. The number of likely N-dealkylation sites (N-methyl/N-ethyl adjacent to an activating group) is 1. The predicted octanol–water partition coefficient (Wildman–Crippen LogP) is 1.43. The largest absolute Gasteiger partial charge is 0.490 e. The van der Waals surface area contributed by atoms with E-state index < -0.39 is 0 Å². The quantitative estimate of drug-likeness (QED) is 0.720. The van der Waals surface area contributed by atoms with Crippen molar-refractivity contribution in [3.05, 3.63) is 24.3 Å². The molecule has 0 radical (unpaired) electrons. The molecule has 0 bridgehead atoms. The average Bonchev–Trinajstić information content (AvgIpc) is 2.36. The fourth-order valence-electron chi connectivity index (χ4n) is 1.50. The molecule has 1 unspecified atom stereocenters. The van der Waals surface area contributed by atoms with Crippen LogP contribution in [0.2, 0.25) is 0 Å². The maximum absolute atomic E-state index is 8.88. The van der Waals surface area contributed by atoms with Crippen LogP contribution in [0.4, 0.5) is 0 Å². The number of nitrogens with one attached hydrogen (secondary N) is 1. The summed E-state index contributed by atoms with van der Waals surface area (Å²) in [7, 11) is 1.86. The van der Waals surface area contributed by atoms with E-state index in [4.69, 9.17) is 14.6 Å². The zero-order valence-electron chi connectivity index (χ0n) is 10.5. The van der Waals surface area contributed by atoms with Crippen LogP contribution in [0.5, 0.6) is 11.5 Å². The zero-order valence-corrected chi connectivity index (χ0v) is 10.5. The number of aliphatic hydroxyl groups excluding tert-OH is 1. The molecule has 0 heterocycles. The van der Waals surface area contributed by atoms with E-state index >= 15 is 0 Å². The third kappa shape index (κ3) is 4.63. The van der Waals surface area contributed by atoms with Crippen molar-refractivity contribution in [3.63, 3.8) is 0 Å². The van der Waals surface area contributed by atoms with Gasteiger partial charge in [-0.15, -0.1) is 0 Å². The molecule has 0 aliphatic heterocycles. The molecule has 2 N–H and O–H groups in total. The van der Waals surface area contributed by atoms with Crippen LogP contribution in [0, 0.1) is 0 Å². The Bertz CT molecular complexity index is 317. The van der Waals surface area contributed by atoms with Gasteiger partial charge in [-0.3, -0.25) is 0 Å². The summed E-state index contributed by atoms with van der Waals surface area (Å²) in [5.41, 5.74) is 0. The Morgan fingerprint density at radius 2 is 1.88 bits per heavy atom. The average molecular weight is 239 g/mol. The van der Waals surface area contributed by atoms with Crippen molar-refractivity contribution < 1.29 is 14.6 Å². The summed E-state index contributed by atoms with van der Waals surface area (Å²) in [6.07, 6.45) is 0.674. The molecule has 0 spiro atoms. The molecule has 1 atom stereocenters. The maximum atomic E-state index is 8.88. The van der Waals surface area contributed by atoms with Crippen molar-refractivity contribution in [2.45, 2.75) is 19.4 Å². The van der Waals surface area contributed by atoms with E-state index in [1.54, 1.807) is 0 Å². The van der Waals surface area contributed by atoms with Gasteiger partial charge in [-0.2, -0.15) is 0 Å². The summed E-state index contributed by atoms with van der Waals surface area (Å²) in [4.78, 5) is 0. The fraction of sp³-hybridized carbons (Fsp3) is 0.538. The van der Waals surface area contributed by atoms with Crippen molar-refractivity contribution in [1.82, 2.24) is 5.32 Å². The van der Waals surface area contributed by atoms with E-state index in [-0.39, 0.29) is 12.6 Å². The summed E-state index contributed by atoms with van der Waals surface area (Å²) in [6, 6.07) is 7.75. The lowest BCUT2D eigenvalue weighted by Gasteiger charge is -2.17. The topological polar surface area (TPSA) is 50.7 Å². The van der Waals surface area contributed by atoms with Crippen molar-refractivity contribution >= 4 is 0 Å². The first-order valence-corrected chi connectivity index (χ1v) is 5.94. The van der Waals surface area contributed by atoms with Gasteiger partial charge in [-0.05, 0) is 32.5 Å². The highest BCUT2D eigenvalue weighted by molar-refractivity contribution is 5.39. The van der Waals surface area contributed by atoms with Gasteiger partial charge in [-0.1, -0.05) is 12.1 Å². The van der Waals surface area contributed by atoms with E-state index in [1.807, 2.05) is 38.2 Å². The van der Waals surface area contributed by atoms with Crippen LogP contribution >= 0.6 is 0 Å². The normalized spacial score (nSPS) is 12.2. The Morgan fingerprint density at radius 3 is 2.41 bits per heavy atom. The highest BCUT2D eigenvalue weighted by Crippen LogP contribution is 2.26. The molecule has 96 valence electrons. The third-order valence-electron chi connectivity index (χ3n) is 2.47. The molecule has 1 aromatic carbocycles. The van der Waals surface area contributed by atoms with Gasteiger partial charge in [0.15, 0.2) is 11.5 Å². The van der Waals surface area contributed by atoms with E-state index in [0.29, 0.717) is 19.6 Å². The smallest absolute Gasteiger partial charge is 0.161 e. The molecule has 4 nitrogen and oxygen atoms in total. The second kappa shape index (κ2) is 7.92. The highest BCUT2D eigenvalue weighted by Gasteiger charge is 2.08. The molecule has 1 rings (SSSR count). The summed E-state index contributed by atoms with van der Waals surface area (Å²) in [6.45, 7) is 3.23. The van der Waals surface area contributed by atoms with Crippen molar-refractivity contribution in [3.8, 4) is 11.5 Å². The Kier molecular flexibility index (Phi) is 6.43. The van der Waals surface area contributed by atoms with E-state index in [9.17, 15) is 0 Å². The van der Waals surface area contributed by atoms with E-state index in [0.717, 1.165) is 11.5 Å². The van der Waals surface area contributed by atoms with Gasteiger partial charge >= 0.3 is 0 Å². The minimum Gasteiger partial charge on any atom is -0.490 e. The van der Waals surface area contributed by atoms with Crippen molar-refractivity contribution in [2.24, 2.45) is 0 Å². The van der Waals surface area contributed by atoms with Crippen LogP contribution in [-0.4, -0.2) is 38.0 Å². The second-order valence-corrected chi connectivity index (χ2v) is 3.69. The minimum absolute atomic E-state index is 0.148. The van der Waals surface area contributed by atoms with Crippen LogP contribution in [0.25, 0.3) is 0 Å². The number of rotatable bonds is 8. The van der Waals surface area contributed by atoms with Gasteiger partial charge in [0.2, 0.25) is 0 Å². The first-order valence-electron chi connectivity index (χ1n) is 5.94. The summed E-state index contributed by atoms with van der Waals surface area (Å²) >= 11 is 0. The van der Waals surface area contributed by atoms with Gasteiger partial charge in [0, 0.05) is 12.6 Å². The number of aliphatic hydroxyl groups is 1. The SMILES string of the molecule is CCOc1ccccc1OCC(CCO)NC. The molecule has 0 saturated carbocycles. The van der Waals surface area contributed by atoms with Gasteiger partial charge in [0.05, 0.1) is 6.61 Å². The monoisotopic (exact) mass is 239 g/mol.